The van der Waals surface area contributed by atoms with Crippen LogP contribution in [0.5, 0.6) is 0 Å². The average Bonchev–Trinajstić information content (AvgIpc) is 2.34. The highest BCUT2D eigenvalue weighted by Gasteiger charge is 2.19. The Morgan fingerprint density at radius 1 is 1.21 bits per heavy atom. The van der Waals surface area contributed by atoms with E-state index in [1.54, 1.807) is 6.07 Å². The van der Waals surface area contributed by atoms with Gasteiger partial charge in [-0.2, -0.15) is 0 Å². The molecular formula is C12H15NO5S. The van der Waals surface area contributed by atoms with Crippen LogP contribution >= 0.6 is 0 Å². The van der Waals surface area contributed by atoms with Crippen LogP contribution in [0.15, 0.2) is 24.3 Å². The number of hydrogen-bond acceptors (Lipinski definition) is 4. The molecule has 7 heteroatoms. The number of rotatable bonds is 5. The molecule has 0 spiro atoms. The van der Waals surface area contributed by atoms with E-state index < -0.39 is 21.7 Å². The van der Waals surface area contributed by atoms with Crippen molar-refractivity contribution >= 4 is 21.7 Å². The van der Waals surface area contributed by atoms with E-state index >= 15 is 0 Å². The molecule has 0 unspecified atom stereocenters. The lowest BCUT2D eigenvalue weighted by Gasteiger charge is -2.17. The first-order valence-corrected chi connectivity index (χ1v) is 7.54. The monoisotopic (exact) mass is 285 g/mol. The minimum Gasteiger partial charge on any atom is -0.478 e. The fourth-order valence-electron chi connectivity index (χ4n) is 1.47. The molecule has 1 aromatic rings. The van der Waals surface area contributed by atoms with Crippen molar-refractivity contribution in [2.45, 2.75) is 0 Å². The van der Waals surface area contributed by atoms with Crippen LogP contribution in [0.2, 0.25) is 0 Å². The van der Waals surface area contributed by atoms with Crippen molar-refractivity contribution in [3.05, 3.63) is 35.4 Å². The number of carboxylic acid groups (broad SMARTS) is 1. The molecule has 0 aliphatic heterocycles. The van der Waals surface area contributed by atoms with Crippen molar-refractivity contribution in [1.29, 1.82) is 0 Å². The van der Waals surface area contributed by atoms with E-state index in [-0.39, 0.29) is 23.4 Å². The van der Waals surface area contributed by atoms with Crippen molar-refractivity contribution in [1.82, 2.24) is 4.90 Å². The van der Waals surface area contributed by atoms with Gasteiger partial charge in [0.05, 0.1) is 16.9 Å². The first-order chi connectivity index (χ1) is 8.72. The van der Waals surface area contributed by atoms with Gasteiger partial charge < -0.3 is 10.0 Å². The molecule has 0 fully saturated rings. The van der Waals surface area contributed by atoms with Crippen LogP contribution in [0.25, 0.3) is 0 Å². The molecule has 0 aromatic heterocycles. The minimum absolute atomic E-state index is 0.0195. The Bertz CT molecular complexity index is 594. The Balaban J connectivity index is 2.92. The van der Waals surface area contributed by atoms with Gasteiger partial charge in [0.25, 0.3) is 5.91 Å². The number of nitrogens with zero attached hydrogens (tertiary/aromatic N) is 1. The van der Waals surface area contributed by atoms with Gasteiger partial charge in [0, 0.05) is 19.8 Å². The van der Waals surface area contributed by atoms with Crippen molar-refractivity contribution in [3.8, 4) is 0 Å². The Morgan fingerprint density at radius 3 is 2.21 bits per heavy atom. The van der Waals surface area contributed by atoms with E-state index in [0.29, 0.717) is 0 Å². The molecular weight excluding hydrogens is 270 g/mol. The van der Waals surface area contributed by atoms with Gasteiger partial charge in [-0.1, -0.05) is 12.1 Å². The van der Waals surface area contributed by atoms with E-state index in [2.05, 4.69) is 0 Å². The zero-order valence-electron chi connectivity index (χ0n) is 10.7. The average molecular weight is 285 g/mol. The van der Waals surface area contributed by atoms with Gasteiger partial charge in [0.2, 0.25) is 0 Å². The SMILES string of the molecule is CN(CCS(C)(=O)=O)C(=O)c1ccccc1C(=O)O. The fourth-order valence-corrected chi connectivity index (χ4v) is 2.07. The number of aromatic carboxylic acids is 1. The number of carbonyl (C=O) groups excluding carboxylic acids is 1. The number of carboxylic acids is 1. The van der Waals surface area contributed by atoms with Crippen LogP contribution in [0, 0.1) is 0 Å². The topological polar surface area (TPSA) is 91.8 Å². The Kier molecular flexibility index (Phi) is 4.66. The number of carbonyl (C=O) groups is 2. The molecule has 0 aliphatic rings. The van der Waals surface area contributed by atoms with Gasteiger partial charge in [0.1, 0.15) is 9.84 Å². The maximum absolute atomic E-state index is 12.1. The van der Waals surface area contributed by atoms with Crippen molar-refractivity contribution < 1.29 is 23.1 Å². The molecule has 0 aliphatic carbocycles. The lowest BCUT2D eigenvalue weighted by molar-refractivity contribution is 0.0682. The minimum atomic E-state index is -3.17. The maximum Gasteiger partial charge on any atom is 0.336 e. The molecule has 0 saturated carbocycles. The summed E-state index contributed by atoms with van der Waals surface area (Å²) in [5.41, 5.74) is -0.0512. The second-order valence-corrected chi connectivity index (χ2v) is 6.47. The van der Waals surface area contributed by atoms with Gasteiger partial charge in [0.15, 0.2) is 0 Å². The predicted octanol–water partition coefficient (Wildman–Crippen LogP) is 0.501. The van der Waals surface area contributed by atoms with E-state index in [1.165, 1.54) is 30.1 Å². The van der Waals surface area contributed by atoms with Crippen LogP contribution in [0.4, 0.5) is 0 Å². The summed E-state index contributed by atoms with van der Waals surface area (Å²) in [6.45, 7) is 0.0195. The molecule has 0 saturated heterocycles. The Labute approximate surface area is 111 Å². The number of benzene rings is 1. The van der Waals surface area contributed by atoms with Crippen molar-refractivity contribution in [2.24, 2.45) is 0 Å². The first-order valence-electron chi connectivity index (χ1n) is 5.48. The zero-order chi connectivity index (χ0) is 14.6. The van der Waals surface area contributed by atoms with E-state index in [0.717, 1.165) is 6.26 Å². The van der Waals surface area contributed by atoms with Gasteiger partial charge in [-0.05, 0) is 12.1 Å². The van der Waals surface area contributed by atoms with Crippen LogP contribution in [-0.2, 0) is 9.84 Å². The summed E-state index contributed by atoms with van der Waals surface area (Å²) in [6, 6.07) is 5.82. The van der Waals surface area contributed by atoms with Gasteiger partial charge in [-0.15, -0.1) is 0 Å². The lowest BCUT2D eigenvalue weighted by atomic mass is 10.1. The van der Waals surface area contributed by atoms with Gasteiger partial charge in [-0.25, -0.2) is 13.2 Å². The quantitative estimate of drug-likeness (QED) is 0.850. The number of hydrogen-bond donors (Lipinski definition) is 1. The standard InChI is InChI=1S/C12H15NO5S/c1-13(7-8-19(2,17)18)11(14)9-5-3-4-6-10(9)12(15)16/h3-6H,7-8H2,1-2H3,(H,15,16). The summed E-state index contributed by atoms with van der Waals surface area (Å²) in [6.07, 6.45) is 1.08. The summed E-state index contributed by atoms with van der Waals surface area (Å²) >= 11 is 0. The van der Waals surface area contributed by atoms with E-state index in [9.17, 15) is 18.0 Å². The molecule has 0 heterocycles. The summed E-state index contributed by atoms with van der Waals surface area (Å²) < 4.78 is 22.1. The van der Waals surface area contributed by atoms with Crippen LogP contribution in [0.3, 0.4) is 0 Å². The molecule has 0 atom stereocenters. The molecule has 0 radical (unpaired) electrons. The van der Waals surface area contributed by atoms with E-state index in [4.69, 9.17) is 5.11 Å². The lowest BCUT2D eigenvalue weighted by Crippen LogP contribution is -2.32. The van der Waals surface area contributed by atoms with Crippen LogP contribution in [-0.4, -0.2) is 55.9 Å². The molecule has 0 bridgehead atoms. The smallest absolute Gasteiger partial charge is 0.336 e. The highest BCUT2D eigenvalue weighted by molar-refractivity contribution is 7.90. The van der Waals surface area contributed by atoms with Crippen molar-refractivity contribution in [2.75, 3.05) is 25.6 Å². The maximum atomic E-state index is 12.1. The van der Waals surface area contributed by atoms with Crippen LogP contribution < -0.4 is 0 Å². The molecule has 1 aromatic carbocycles. The van der Waals surface area contributed by atoms with Crippen molar-refractivity contribution in [3.63, 3.8) is 0 Å². The Morgan fingerprint density at radius 2 is 1.74 bits per heavy atom. The predicted molar refractivity (Wildman–Crippen MR) is 70.1 cm³/mol. The molecule has 1 amide bonds. The summed E-state index contributed by atoms with van der Waals surface area (Å²) in [4.78, 5) is 24.3. The van der Waals surface area contributed by atoms with Crippen LogP contribution in [0.1, 0.15) is 20.7 Å². The third kappa shape index (κ3) is 4.36. The zero-order valence-corrected chi connectivity index (χ0v) is 11.5. The molecule has 104 valence electrons. The highest BCUT2D eigenvalue weighted by atomic mass is 32.2. The normalized spacial score (nSPS) is 11.1. The second kappa shape index (κ2) is 5.83. The Hall–Kier alpha value is -1.89. The molecule has 6 nitrogen and oxygen atoms in total. The van der Waals surface area contributed by atoms with Gasteiger partial charge in [-0.3, -0.25) is 4.79 Å². The first kappa shape index (κ1) is 15.2. The van der Waals surface area contributed by atoms with Gasteiger partial charge >= 0.3 is 5.97 Å². The second-order valence-electron chi connectivity index (χ2n) is 4.21. The number of amides is 1. The number of sulfone groups is 1. The summed E-state index contributed by atoms with van der Waals surface area (Å²) in [5.74, 6) is -1.87. The summed E-state index contributed by atoms with van der Waals surface area (Å²) in [7, 11) is -1.73. The third-order valence-corrected chi connectivity index (χ3v) is 3.46. The third-order valence-electron chi connectivity index (χ3n) is 2.53. The fraction of sp³-hybridized carbons (Fsp3) is 0.333. The van der Waals surface area contributed by atoms with E-state index in [1.807, 2.05) is 0 Å². The highest BCUT2D eigenvalue weighted by Crippen LogP contribution is 2.11. The molecule has 1 N–H and O–H groups in total. The summed E-state index contributed by atoms with van der Waals surface area (Å²) in [5, 5.41) is 8.99. The molecule has 19 heavy (non-hydrogen) atoms. The molecule has 1 rings (SSSR count). The largest absolute Gasteiger partial charge is 0.478 e.